The van der Waals surface area contributed by atoms with Crippen molar-refractivity contribution in [1.82, 2.24) is 4.98 Å². The highest BCUT2D eigenvalue weighted by Gasteiger charge is 2.15. The maximum atomic E-state index is 11.8. The molecule has 0 atom stereocenters. The number of nitrogens with one attached hydrogen (secondary N) is 2. The van der Waals surface area contributed by atoms with Gasteiger partial charge < -0.3 is 10.6 Å². The van der Waals surface area contributed by atoms with Crippen LogP contribution in [0.5, 0.6) is 0 Å². The zero-order chi connectivity index (χ0) is 17.0. The third-order valence-corrected chi connectivity index (χ3v) is 2.88. The van der Waals surface area contributed by atoms with E-state index in [2.05, 4.69) is 15.6 Å². The van der Waals surface area contributed by atoms with E-state index < -0.39 is 16.7 Å². The molecule has 0 saturated heterocycles. The first-order valence-corrected chi connectivity index (χ1v) is 6.67. The molecule has 23 heavy (non-hydrogen) atoms. The number of aromatic nitrogens is 1. The molecule has 0 spiro atoms. The number of rotatable bonds is 3. The smallest absolute Gasteiger partial charge is 0.315 e. The van der Waals surface area contributed by atoms with Gasteiger partial charge in [-0.3, -0.25) is 19.7 Å². The summed E-state index contributed by atoms with van der Waals surface area (Å²) in [6.45, 7) is 3.63. The Hall–Kier alpha value is -3.29. The summed E-state index contributed by atoms with van der Waals surface area (Å²) in [5, 5.41) is 15.3. The van der Waals surface area contributed by atoms with E-state index in [1.54, 1.807) is 13.0 Å². The van der Waals surface area contributed by atoms with Gasteiger partial charge in [0.2, 0.25) is 0 Å². The maximum absolute atomic E-state index is 11.8. The van der Waals surface area contributed by atoms with Gasteiger partial charge in [0, 0.05) is 23.5 Å². The number of nitrogens with zero attached hydrogens (tertiary/aromatic N) is 2. The van der Waals surface area contributed by atoms with Crippen molar-refractivity contribution in [2.24, 2.45) is 0 Å². The lowest BCUT2D eigenvalue weighted by Gasteiger charge is -2.07. The predicted molar refractivity (Wildman–Crippen MR) is 84.1 cm³/mol. The van der Waals surface area contributed by atoms with Gasteiger partial charge in [-0.15, -0.1) is 0 Å². The highest BCUT2D eigenvalue weighted by molar-refractivity contribution is 6.43. The Morgan fingerprint density at radius 2 is 1.65 bits per heavy atom. The molecule has 0 aliphatic carbocycles. The van der Waals surface area contributed by atoms with Crippen molar-refractivity contribution in [3.8, 4) is 0 Å². The van der Waals surface area contributed by atoms with Gasteiger partial charge in [0.1, 0.15) is 5.82 Å². The van der Waals surface area contributed by atoms with Crippen molar-refractivity contribution in [2.45, 2.75) is 13.8 Å². The van der Waals surface area contributed by atoms with Crippen LogP contribution >= 0.6 is 0 Å². The number of carbonyl (C=O) groups is 2. The third kappa shape index (κ3) is 4.34. The number of amides is 2. The van der Waals surface area contributed by atoms with E-state index in [1.807, 2.05) is 13.0 Å². The van der Waals surface area contributed by atoms with E-state index in [1.165, 1.54) is 24.3 Å². The quantitative estimate of drug-likeness (QED) is 0.512. The van der Waals surface area contributed by atoms with E-state index in [0.717, 1.165) is 11.3 Å². The van der Waals surface area contributed by atoms with E-state index >= 15 is 0 Å². The molecule has 0 fully saturated rings. The van der Waals surface area contributed by atoms with Crippen LogP contribution in [0.3, 0.4) is 0 Å². The standard InChI is InChI=1S/C15H14N4O4/c1-9-7-10(2)16-13(8-9)18-15(21)14(20)17-11-3-5-12(6-4-11)19(22)23/h3-8H,1-2H3,(H,17,20)(H,16,18,21). The van der Waals surface area contributed by atoms with E-state index in [4.69, 9.17) is 0 Å². The Morgan fingerprint density at radius 3 is 2.22 bits per heavy atom. The minimum atomic E-state index is -0.889. The maximum Gasteiger partial charge on any atom is 0.315 e. The van der Waals surface area contributed by atoms with Crippen molar-refractivity contribution in [2.75, 3.05) is 10.6 Å². The monoisotopic (exact) mass is 314 g/mol. The Morgan fingerprint density at radius 1 is 1.04 bits per heavy atom. The summed E-state index contributed by atoms with van der Waals surface area (Å²) in [6, 6.07) is 8.64. The predicted octanol–water partition coefficient (Wildman–Crippen LogP) is 2.18. The molecule has 0 aliphatic rings. The van der Waals surface area contributed by atoms with Crippen molar-refractivity contribution < 1.29 is 14.5 Å². The zero-order valence-electron chi connectivity index (χ0n) is 12.5. The molecule has 118 valence electrons. The van der Waals surface area contributed by atoms with Gasteiger partial charge in [-0.05, 0) is 43.7 Å². The Kier molecular flexibility index (Phi) is 4.65. The zero-order valence-corrected chi connectivity index (χ0v) is 12.5. The van der Waals surface area contributed by atoms with Gasteiger partial charge in [0.05, 0.1) is 4.92 Å². The largest absolute Gasteiger partial charge is 0.318 e. The van der Waals surface area contributed by atoms with E-state index in [9.17, 15) is 19.7 Å². The van der Waals surface area contributed by atoms with Crippen LogP contribution in [-0.2, 0) is 9.59 Å². The lowest BCUT2D eigenvalue weighted by atomic mass is 10.2. The number of anilines is 2. The summed E-state index contributed by atoms with van der Waals surface area (Å²) in [4.78, 5) is 37.8. The molecular formula is C15H14N4O4. The summed E-state index contributed by atoms with van der Waals surface area (Å²) in [5.41, 5.74) is 1.80. The second kappa shape index (κ2) is 6.65. The third-order valence-electron chi connectivity index (χ3n) is 2.88. The summed E-state index contributed by atoms with van der Waals surface area (Å²) < 4.78 is 0. The number of hydrogen-bond acceptors (Lipinski definition) is 5. The topological polar surface area (TPSA) is 114 Å². The first kappa shape index (κ1) is 16.1. The Bertz CT molecular complexity index is 751. The Labute approximate surface area is 131 Å². The van der Waals surface area contributed by atoms with Gasteiger partial charge in [0.25, 0.3) is 5.69 Å². The first-order chi connectivity index (χ1) is 10.8. The molecule has 2 rings (SSSR count). The van der Waals surface area contributed by atoms with Gasteiger partial charge in [-0.25, -0.2) is 4.98 Å². The van der Waals surface area contributed by atoms with Crippen LogP contribution < -0.4 is 10.6 Å². The second-order valence-corrected chi connectivity index (χ2v) is 4.88. The molecule has 2 N–H and O–H groups in total. The average Bonchev–Trinajstić information content (AvgIpc) is 2.46. The van der Waals surface area contributed by atoms with Crippen LogP contribution in [0.15, 0.2) is 36.4 Å². The molecule has 8 heteroatoms. The van der Waals surface area contributed by atoms with Crippen LogP contribution in [0.2, 0.25) is 0 Å². The fourth-order valence-corrected chi connectivity index (χ4v) is 1.93. The van der Waals surface area contributed by atoms with Crippen molar-refractivity contribution in [1.29, 1.82) is 0 Å². The molecule has 0 aliphatic heterocycles. The van der Waals surface area contributed by atoms with Crippen LogP contribution in [0, 0.1) is 24.0 Å². The first-order valence-electron chi connectivity index (χ1n) is 6.67. The van der Waals surface area contributed by atoms with Crippen LogP contribution in [0.25, 0.3) is 0 Å². The van der Waals surface area contributed by atoms with E-state index in [0.29, 0.717) is 0 Å². The molecule has 0 unspecified atom stereocenters. The second-order valence-electron chi connectivity index (χ2n) is 4.88. The molecule has 8 nitrogen and oxygen atoms in total. The number of nitro benzene ring substituents is 1. The van der Waals surface area contributed by atoms with Gasteiger partial charge in [0.15, 0.2) is 0 Å². The number of nitro groups is 1. The number of aryl methyl sites for hydroxylation is 2. The number of benzene rings is 1. The normalized spacial score (nSPS) is 10.0. The van der Waals surface area contributed by atoms with Gasteiger partial charge in [-0.2, -0.15) is 0 Å². The number of non-ortho nitro benzene ring substituents is 1. The Balaban J connectivity index is 2.02. The minimum absolute atomic E-state index is 0.105. The van der Waals surface area contributed by atoms with Crippen LogP contribution in [0.1, 0.15) is 11.3 Å². The average molecular weight is 314 g/mol. The number of hydrogen-bond donors (Lipinski definition) is 2. The molecule has 0 saturated carbocycles. The molecular weight excluding hydrogens is 300 g/mol. The molecule has 0 radical (unpaired) electrons. The summed E-state index contributed by atoms with van der Waals surface area (Å²) >= 11 is 0. The van der Waals surface area contributed by atoms with Gasteiger partial charge >= 0.3 is 11.8 Å². The molecule has 1 aromatic heterocycles. The van der Waals surface area contributed by atoms with E-state index in [-0.39, 0.29) is 17.2 Å². The summed E-state index contributed by atoms with van der Waals surface area (Å²) in [5.74, 6) is -1.48. The fourth-order valence-electron chi connectivity index (χ4n) is 1.93. The van der Waals surface area contributed by atoms with Crippen molar-refractivity contribution >= 4 is 29.0 Å². The summed E-state index contributed by atoms with van der Waals surface area (Å²) in [7, 11) is 0. The number of pyridine rings is 1. The van der Waals surface area contributed by atoms with Crippen LogP contribution in [-0.4, -0.2) is 21.7 Å². The van der Waals surface area contributed by atoms with Crippen molar-refractivity contribution in [3.05, 3.63) is 57.8 Å². The molecule has 0 bridgehead atoms. The molecule has 2 aromatic rings. The lowest BCUT2D eigenvalue weighted by molar-refractivity contribution is -0.384. The van der Waals surface area contributed by atoms with Crippen molar-refractivity contribution in [3.63, 3.8) is 0 Å². The SMILES string of the molecule is Cc1cc(C)nc(NC(=O)C(=O)Nc2ccc([N+](=O)[O-])cc2)c1. The highest BCUT2D eigenvalue weighted by Crippen LogP contribution is 2.15. The number of carbonyl (C=O) groups excluding carboxylic acids is 2. The fraction of sp³-hybridized carbons (Fsp3) is 0.133. The summed E-state index contributed by atoms with van der Waals surface area (Å²) in [6.07, 6.45) is 0. The lowest BCUT2D eigenvalue weighted by Crippen LogP contribution is -2.29. The molecule has 1 heterocycles. The van der Waals surface area contributed by atoms with Gasteiger partial charge in [-0.1, -0.05) is 0 Å². The highest BCUT2D eigenvalue weighted by atomic mass is 16.6. The van der Waals surface area contributed by atoms with Crippen LogP contribution in [0.4, 0.5) is 17.2 Å². The molecule has 2 amide bonds. The minimum Gasteiger partial charge on any atom is -0.318 e. The molecule has 1 aromatic carbocycles.